The molecular formula is C20H15F4N5O3. The van der Waals surface area contributed by atoms with Crippen LogP contribution in [0.1, 0.15) is 16.2 Å². The van der Waals surface area contributed by atoms with Gasteiger partial charge in [0, 0.05) is 30.7 Å². The molecule has 0 fully saturated rings. The Hall–Kier alpha value is -4.22. The molecule has 2 aromatic carbocycles. The first-order valence-corrected chi connectivity index (χ1v) is 8.93. The zero-order chi connectivity index (χ0) is 23.3. The van der Waals surface area contributed by atoms with Crippen LogP contribution >= 0.6 is 0 Å². The number of nitrogens with zero attached hydrogens (tertiary/aromatic N) is 2. The van der Waals surface area contributed by atoms with Gasteiger partial charge in [0.2, 0.25) is 11.7 Å². The number of halogens is 4. The van der Waals surface area contributed by atoms with Crippen molar-refractivity contribution in [1.82, 2.24) is 15.3 Å². The minimum atomic E-state index is -4.89. The Bertz CT molecular complexity index is 1140. The summed E-state index contributed by atoms with van der Waals surface area (Å²) in [6, 6.07) is 8.69. The maximum Gasteiger partial charge on any atom is 0.419 e. The van der Waals surface area contributed by atoms with Gasteiger partial charge in [-0.2, -0.15) is 18.2 Å². The van der Waals surface area contributed by atoms with Crippen molar-refractivity contribution in [3.63, 3.8) is 0 Å². The summed E-state index contributed by atoms with van der Waals surface area (Å²) in [6.07, 6.45) is -3.54. The molecule has 0 aliphatic heterocycles. The van der Waals surface area contributed by atoms with E-state index in [9.17, 15) is 27.2 Å². The molecule has 0 aliphatic rings. The molecule has 0 radical (unpaired) electrons. The Morgan fingerprint density at radius 3 is 2.28 bits per heavy atom. The normalized spacial score (nSPS) is 10.9. The van der Waals surface area contributed by atoms with Crippen molar-refractivity contribution in [3.05, 3.63) is 71.9 Å². The van der Waals surface area contributed by atoms with E-state index in [0.29, 0.717) is 23.6 Å². The zero-order valence-electron chi connectivity index (χ0n) is 16.3. The molecule has 1 heterocycles. The lowest BCUT2D eigenvalue weighted by atomic mass is 10.2. The largest absolute Gasteiger partial charge is 0.439 e. The molecule has 32 heavy (non-hydrogen) atoms. The average molecular weight is 449 g/mol. The van der Waals surface area contributed by atoms with Crippen molar-refractivity contribution < 1.29 is 31.9 Å². The summed E-state index contributed by atoms with van der Waals surface area (Å²) in [5.41, 5.74) is -1.41. The predicted molar refractivity (Wildman–Crippen MR) is 106 cm³/mol. The highest BCUT2D eigenvalue weighted by atomic mass is 19.4. The van der Waals surface area contributed by atoms with Gasteiger partial charge in [0.1, 0.15) is 11.6 Å². The van der Waals surface area contributed by atoms with Crippen LogP contribution in [0.25, 0.3) is 0 Å². The molecule has 1 aromatic heterocycles. The van der Waals surface area contributed by atoms with Crippen LogP contribution in [0.3, 0.4) is 0 Å². The molecule has 0 atom stereocenters. The van der Waals surface area contributed by atoms with Crippen LogP contribution in [0.5, 0.6) is 11.6 Å². The molecule has 0 spiro atoms. The lowest BCUT2D eigenvalue weighted by molar-refractivity contribution is -0.139. The molecule has 3 amide bonds. The number of amides is 3. The standard InChI is InChI=1S/C20H15F4N5O3/c1-25-18(30)17-26-9-8-16(29-17)32-13-5-2-11(3-6-13)27-19(31)28-12-4-7-15(21)14(10-12)20(22,23)24/h2-10H,1H3,(H,25,30)(H2,27,28,31). The van der Waals surface area contributed by atoms with Crippen molar-refractivity contribution in [2.75, 3.05) is 17.7 Å². The third-order valence-corrected chi connectivity index (χ3v) is 3.92. The van der Waals surface area contributed by atoms with Crippen LogP contribution in [0.15, 0.2) is 54.7 Å². The highest BCUT2D eigenvalue weighted by Crippen LogP contribution is 2.33. The summed E-state index contributed by atoms with van der Waals surface area (Å²) in [5, 5.41) is 7.02. The number of carbonyl (C=O) groups is 2. The minimum absolute atomic E-state index is 0.0746. The first kappa shape index (κ1) is 22.5. The van der Waals surface area contributed by atoms with E-state index in [1.54, 1.807) is 0 Å². The number of hydrogen-bond acceptors (Lipinski definition) is 5. The van der Waals surface area contributed by atoms with E-state index in [1.807, 2.05) is 0 Å². The van der Waals surface area contributed by atoms with E-state index in [-0.39, 0.29) is 17.4 Å². The maximum absolute atomic E-state index is 13.3. The molecule has 8 nitrogen and oxygen atoms in total. The highest BCUT2D eigenvalue weighted by molar-refractivity contribution is 5.99. The molecule has 0 aliphatic carbocycles. The number of hydrogen-bond donors (Lipinski definition) is 3. The van der Waals surface area contributed by atoms with Crippen molar-refractivity contribution in [3.8, 4) is 11.6 Å². The van der Waals surface area contributed by atoms with E-state index in [4.69, 9.17) is 4.74 Å². The van der Waals surface area contributed by atoms with Gasteiger partial charge in [0.25, 0.3) is 5.91 Å². The highest BCUT2D eigenvalue weighted by Gasteiger charge is 2.34. The van der Waals surface area contributed by atoms with Crippen molar-refractivity contribution in [2.45, 2.75) is 6.18 Å². The van der Waals surface area contributed by atoms with E-state index in [2.05, 4.69) is 25.9 Å². The number of aromatic nitrogens is 2. The van der Waals surface area contributed by atoms with Gasteiger partial charge in [-0.3, -0.25) is 4.79 Å². The molecule has 0 bridgehead atoms. The number of alkyl halides is 3. The summed E-state index contributed by atoms with van der Waals surface area (Å²) in [6.45, 7) is 0. The van der Waals surface area contributed by atoms with Crippen LogP contribution in [0, 0.1) is 5.82 Å². The van der Waals surface area contributed by atoms with Gasteiger partial charge < -0.3 is 20.7 Å². The monoisotopic (exact) mass is 449 g/mol. The smallest absolute Gasteiger partial charge is 0.419 e. The number of carbonyl (C=O) groups excluding carboxylic acids is 2. The lowest BCUT2D eigenvalue weighted by Crippen LogP contribution is -2.20. The molecule has 3 N–H and O–H groups in total. The minimum Gasteiger partial charge on any atom is -0.439 e. The molecule has 166 valence electrons. The van der Waals surface area contributed by atoms with Crippen LogP contribution in [0.4, 0.5) is 33.7 Å². The summed E-state index contributed by atoms with van der Waals surface area (Å²) in [7, 11) is 1.44. The van der Waals surface area contributed by atoms with Crippen LogP contribution in [-0.2, 0) is 6.18 Å². The maximum atomic E-state index is 13.3. The number of benzene rings is 2. The fourth-order valence-electron chi connectivity index (χ4n) is 2.46. The van der Waals surface area contributed by atoms with Gasteiger partial charge in [-0.15, -0.1) is 0 Å². The average Bonchev–Trinajstić information content (AvgIpc) is 2.75. The Balaban J connectivity index is 1.62. The van der Waals surface area contributed by atoms with Gasteiger partial charge in [-0.1, -0.05) is 0 Å². The van der Waals surface area contributed by atoms with Crippen LogP contribution in [-0.4, -0.2) is 29.0 Å². The van der Waals surface area contributed by atoms with Crippen molar-refractivity contribution in [1.29, 1.82) is 0 Å². The van der Waals surface area contributed by atoms with E-state index in [0.717, 1.165) is 6.07 Å². The Kier molecular flexibility index (Phi) is 6.52. The van der Waals surface area contributed by atoms with Crippen LogP contribution < -0.4 is 20.7 Å². The molecule has 3 rings (SSSR count). The molecular weight excluding hydrogens is 434 g/mol. The second kappa shape index (κ2) is 9.29. The van der Waals surface area contributed by atoms with Crippen molar-refractivity contribution in [2.24, 2.45) is 0 Å². The fourth-order valence-corrected chi connectivity index (χ4v) is 2.46. The Labute approximate surface area is 178 Å². The summed E-state index contributed by atoms with van der Waals surface area (Å²) in [5.74, 6) is -1.54. The second-order valence-corrected chi connectivity index (χ2v) is 6.20. The van der Waals surface area contributed by atoms with E-state index in [1.165, 1.54) is 43.6 Å². The second-order valence-electron chi connectivity index (χ2n) is 6.20. The van der Waals surface area contributed by atoms with Gasteiger partial charge in [-0.05, 0) is 42.5 Å². The van der Waals surface area contributed by atoms with E-state index < -0.39 is 29.5 Å². The van der Waals surface area contributed by atoms with Crippen LogP contribution in [0.2, 0.25) is 0 Å². The Morgan fingerprint density at radius 1 is 0.969 bits per heavy atom. The first-order chi connectivity index (χ1) is 15.2. The molecule has 0 unspecified atom stereocenters. The zero-order valence-corrected chi connectivity index (χ0v) is 16.3. The predicted octanol–water partition coefficient (Wildman–Crippen LogP) is 4.43. The van der Waals surface area contributed by atoms with Gasteiger partial charge in [-0.25, -0.2) is 14.2 Å². The number of urea groups is 1. The van der Waals surface area contributed by atoms with Crippen molar-refractivity contribution >= 4 is 23.3 Å². The van der Waals surface area contributed by atoms with Gasteiger partial charge >= 0.3 is 12.2 Å². The third kappa shape index (κ3) is 5.68. The van der Waals surface area contributed by atoms with Gasteiger partial charge in [0.05, 0.1) is 5.56 Å². The molecule has 0 saturated carbocycles. The summed E-state index contributed by atoms with van der Waals surface area (Å²) in [4.78, 5) is 31.4. The van der Waals surface area contributed by atoms with E-state index >= 15 is 0 Å². The molecule has 0 saturated heterocycles. The Morgan fingerprint density at radius 2 is 1.62 bits per heavy atom. The number of rotatable bonds is 5. The quantitative estimate of drug-likeness (QED) is 0.500. The summed E-state index contributed by atoms with van der Waals surface area (Å²) < 4.78 is 57.2. The number of nitrogens with one attached hydrogen (secondary N) is 3. The SMILES string of the molecule is CNC(=O)c1nccc(Oc2ccc(NC(=O)Nc3ccc(F)c(C(F)(F)F)c3)cc2)n1. The number of ether oxygens (including phenoxy) is 1. The lowest BCUT2D eigenvalue weighted by Gasteiger charge is -2.12. The third-order valence-electron chi connectivity index (χ3n) is 3.92. The number of anilines is 2. The van der Waals surface area contributed by atoms with Gasteiger partial charge in [0.15, 0.2) is 0 Å². The first-order valence-electron chi connectivity index (χ1n) is 8.93. The topological polar surface area (TPSA) is 105 Å². The fraction of sp³-hybridized carbons (Fsp3) is 0.100. The molecule has 3 aromatic rings. The summed E-state index contributed by atoms with van der Waals surface area (Å²) >= 11 is 0. The molecule has 12 heteroatoms.